The summed E-state index contributed by atoms with van der Waals surface area (Å²) >= 11 is 0. The van der Waals surface area contributed by atoms with Crippen molar-refractivity contribution in [2.24, 2.45) is 0 Å². The van der Waals surface area contributed by atoms with Crippen molar-refractivity contribution in [2.75, 3.05) is 4.90 Å². The molecule has 4 nitrogen and oxygen atoms in total. The van der Waals surface area contributed by atoms with Gasteiger partial charge < -0.3 is 10.2 Å². The molecule has 1 heterocycles. The Morgan fingerprint density at radius 1 is 1.16 bits per heavy atom. The van der Waals surface area contributed by atoms with Crippen molar-refractivity contribution < 1.29 is 9.59 Å². The highest BCUT2D eigenvalue weighted by molar-refractivity contribution is 6.07. The van der Waals surface area contributed by atoms with Gasteiger partial charge in [-0.05, 0) is 49.1 Å². The Morgan fingerprint density at radius 2 is 1.92 bits per heavy atom. The van der Waals surface area contributed by atoms with Crippen LogP contribution in [0, 0.1) is 0 Å². The van der Waals surface area contributed by atoms with Crippen LogP contribution in [0.3, 0.4) is 0 Å². The molecule has 1 atom stereocenters. The average molecular weight is 336 g/mol. The van der Waals surface area contributed by atoms with E-state index in [-0.39, 0.29) is 17.9 Å². The molecule has 4 heteroatoms. The summed E-state index contributed by atoms with van der Waals surface area (Å²) < 4.78 is 0. The van der Waals surface area contributed by atoms with Gasteiger partial charge in [-0.25, -0.2) is 0 Å². The first-order valence-corrected chi connectivity index (χ1v) is 8.87. The van der Waals surface area contributed by atoms with Crippen LogP contribution in [-0.2, 0) is 17.8 Å². The van der Waals surface area contributed by atoms with E-state index in [1.165, 1.54) is 5.56 Å². The Kier molecular flexibility index (Phi) is 5.17. The van der Waals surface area contributed by atoms with Crippen LogP contribution in [-0.4, -0.2) is 17.9 Å². The fourth-order valence-corrected chi connectivity index (χ4v) is 3.31. The first-order valence-electron chi connectivity index (χ1n) is 8.87. The summed E-state index contributed by atoms with van der Waals surface area (Å²) in [5, 5.41) is 2.94. The molecule has 0 aromatic heterocycles. The minimum atomic E-state index is 0.0269. The summed E-state index contributed by atoms with van der Waals surface area (Å²) in [5.74, 6) is 0.0904. The summed E-state index contributed by atoms with van der Waals surface area (Å²) in [6.07, 6.45) is 2.24. The second-order valence-corrected chi connectivity index (χ2v) is 6.58. The normalized spacial score (nSPS) is 15.8. The zero-order chi connectivity index (χ0) is 17.8. The van der Waals surface area contributed by atoms with E-state index in [2.05, 4.69) is 18.3 Å². The maximum absolute atomic E-state index is 12.9. The largest absolute Gasteiger partial charge is 0.352 e. The third kappa shape index (κ3) is 3.73. The monoisotopic (exact) mass is 336 g/mol. The van der Waals surface area contributed by atoms with Crippen LogP contribution < -0.4 is 10.2 Å². The number of nitrogens with zero attached hydrogens (tertiary/aromatic N) is 1. The second kappa shape index (κ2) is 7.51. The molecule has 3 rings (SSSR count). The number of fused-ring (bicyclic) bond motifs is 1. The van der Waals surface area contributed by atoms with Crippen molar-refractivity contribution in [1.82, 2.24) is 5.32 Å². The fourth-order valence-electron chi connectivity index (χ4n) is 3.31. The van der Waals surface area contributed by atoms with Crippen LogP contribution in [0.4, 0.5) is 5.69 Å². The summed E-state index contributed by atoms with van der Waals surface area (Å²) in [6, 6.07) is 15.7. The van der Waals surface area contributed by atoms with Crippen molar-refractivity contribution in [2.45, 2.75) is 45.7 Å². The molecule has 0 saturated heterocycles. The molecular formula is C21H24N2O2. The van der Waals surface area contributed by atoms with Gasteiger partial charge in [0.25, 0.3) is 5.91 Å². The Hall–Kier alpha value is -2.62. The van der Waals surface area contributed by atoms with Gasteiger partial charge in [0.15, 0.2) is 0 Å². The highest BCUT2D eigenvalue weighted by Gasteiger charge is 2.31. The Labute approximate surface area is 148 Å². The van der Waals surface area contributed by atoms with Crippen LogP contribution in [0.25, 0.3) is 0 Å². The van der Waals surface area contributed by atoms with Crippen molar-refractivity contribution in [3.05, 3.63) is 65.2 Å². The van der Waals surface area contributed by atoms with Crippen molar-refractivity contribution in [3.63, 3.8) is 0 Å². The Balaban J connectivity index is 1.81. The zero-order valence-electron chi connectivity index (χ0n) is 14.8. The van der Waals surface area contributed by atoms with Crippen molar-refractivity contribution >= 4 is 17.5 Å². The van der Waals surface area contributed by atoms with Gasteiger partial charge in [-0.15, -0.1) is 0 Å². The van der Waals surface area contributed by atoms with E-state index in [1.54, 1.807) is 0 Å². The van der Waals surface area contributed by atoms with E-state index in [0.717, 1.165) is 24.1 Å². The van der Waals surface area contributed by atoms with Crippen molar-refractivity contribution in [3.8, 4) is 0 Å². The lowest BCUT2D eigenvalue weighted by Gasteiger charge is -2.23. The molecule has 1 aliphatic heterocycles. The van der Waals surface area contributed by atoms with Gasteiger partial charge in [-0.2, -0.15) is 0 Å². The molecule has 130 valence electrons. The Bertz CT molecular complexity index is 771. The highest BCUT2D eigenvalue weighted by atomic mass is 16.2. The number of carbonyl (C=O) groups is 2. The number of rotatable bonds is 5. The number of hydrogen-bond acceptors (Lipinski definition) is 2. The number of carbonyl (C=O) groups excluding carboxylic acids is 2. The van der Waals surface area contributed by atoms with E-state index in [1.807, 2.05) is 54.3 Å². The molecule has 0 radical (unpaired) electrons. The summed E-state index contributed by atoms with van der Waals surface area (Å²) in [6.45, 7) is 4.56. The standard InChI is InChI=1S/C21H24N2O2/c1-3-7-20(24)22-14-16-10-11-18-12-15(2)23(19(18)13-16)21(25)17-8-5-4-6-9-17/h4-6,8-11,13,15H,3,7,12,14H2,1-2H3,(H,22,24)/t15-/m0/s1. The number of amides is 2. The van der Waals surface area contributed by atoms with Gasteiger partial charge in [0.2, 0.25) is 5.91 Å². The predicted molar refractivity (Wildman–Crippen MR) is 99.6 cm³/mol. The predicted octanol–water partition coefficient (Wildman–Crippen LogP) is 3.69. The van der Waals surface area contributed by atoms with E-state index in [4.69, 9.17) is 0 Å². The second-order valence-electron chi connectivity index (χ2n) is 6.58. The van der Waals surface area contributed by atoms with Crippen LogP contribution in [0.2, 0.25) is 0 Å². The van der Waals surface area contributed by atoms with Gasteiger partial charge >= 0.3 is 0 Å². The molecule has 0 fully saturated rings. The van der Waals surface area contributed by atoms with E-state index >= 15 is 0 Å². The van der Waals surface area contributed by atoms with Gasteiger partial charge in [0, 0.05) is 30.3 Å². The molecule has 0 bridgehead atoms. The average Bonchev–Trinajstić information content (AvgIpc) is 2.95. The molecule has 0 spiro atoms. The maximum Gasteiger partial charge on any atom is 0.258 e. The molecule has 2 aromatic carbocycles. The van der Waals surface area contributed by atoms with Crippen LogP contribution >= 0.6 is 0 Å². The molecule has 2 amide bonds. The molecule has 25 heavy (non-hydrogen) atoms. The summed E-state index contributed by atoms with van der Waals surface area (Å²) in [4.78, 5) is 26.5. The molecule has 0 aliphatic carbocycles. The zero-order valence-corrected chi connectivity index (χ0v) is 14.8. The SMILES string of the molecule is CCCC(=O)NCc1ccc2c(c1)N(C(=O)c1ccccc1)[C@@H](C)C2. The smallest absolute Gasteiger partial charge is 0.258 e. The molecule has 2 aromatic rings. The summed E-state index contributed by atoms with van der Waals surface area (Å²) in [7, 11) is 0. The molecule has 0 saturated carbocycles. The van der Waals surface area contributed by atoms with Crippen molar-refractivity contribution in [1.29, 1.82) is 0 Å². The van der Waals surface area contributed by atoms with E-state index in [0.29, 0.717) is 18.5 Å². The number of benzene rings is 2. The highest BCUT2D eigenvalue weighted by Crippen LogP contribution is 2.34. The lowest BCUT2D eigenvalue weighted by molar-refractivity contribution is -0.121. The topological polar surface area (TPSA) is 49.4 Å². The van der Waals surface area contributed by atoms with Crippen LogP contribution in [0.5, 0.6) is 0 Å². The third-order valence-corrected chi connectivity index (χ3v) is 4.57. The summed E-state index contributed by atoms with van der Waals surface area (Å²) in [5.41, 5.74) is 3.86. The molecule has 1 N–H and O–H groups in total. The molecular weight excluding hydrogens is 312 g/mol. The van der Waals surface area contributed by atoms with Gasteiger partial charge in [0.1, 0.15) is 0 Å². The lowest BCUT2D eigenvalue weighted by Crippen LogP contribution is -2.35. The minimum Gasteiger partial charge on any atom is -0.352 e. The van der Waals surface area contributed by atoms with Gasteiger partial charge in [-0.1, -0.05) is 37.3 Å². The van der Waals surface area contributed by atoms with Crippen LogP contribution in [0.1, 0.15) is 48.2 Å². The quantitative estimate of drug-likeness (QED) is 0.905. The fraction of sp³-hybridized carbons (Fsp3) is 0.333. The maximum atomic E-state index is 12.9. The first kappa shape index (κ1) is 17.2. The number of nitrogens with one attached hydrogen (secondary N) is 1. The van der Waals surface area contributed by atoms with Gasteiger partial charge in [-0.3, -0.25) is 9.59 Å². The van der Waals surface area contributed by atoms with E-state index in [9.17, 15) is 9.59 Å². The lowest BCUT2D eigenvalue weighted by atomic mass is 10.1. The number of hydrogen-bond donors (Lipinski definition) is 1. The molecule has 1 aliphatic rings. The first-order chi connectivity index (χ1) is 12.1. The number of anilines is 1. The van der Waals surface area contributed by atoms with E-state index < -0.39 is 0 Å². The third-order valence-electron chi connectivity index (χ3n) is 4.57. The van der Waals surface area contributed by atoms with Crippen LogP contribution in [0.15, 0.2) is 48.5 Å². The Morgan fingerprint density at radius 3 is 2.64 bits per heavy atom. The molecule has 0 unspecified atom stereocenters. The van der Waals surface area contributed by atoms with Gasteiger partial charge in [0.05, 0.1) is 0 Å². The minimum absolute atomic E-state index is 0.0269.